The summed E-state index contributed by atoms with van der Waals surface area (Å²) in [4.78, 5) is 12.0. The van der Waals surface area contributed by atoms with E-state index in [1.54, 1.807) is 0 Å². The average Bonchev–Trinajstić information content (AvgIpc) is 2.19. The molecule has 17 heavy (non-hydrogen) atoms. The molecule has 0 fully saturated rings. The van der Waals surface area contributed by atoms with Gasteiger partial charge in [-0.1, -0.05) is 20.8 Å². The van der Waals surface area contributed by atoms with Gasteiger partial charge in [0.15, 0.2) is 0 Å². The lowest BCUT2D eigenvalue weighted by atomic mass is 9.87. The summed E-state index contributed by atoms with van der Waals surface area (Å²) in [6.45, 7) is 7.84. The van der Waals surface area contributed by atoms with Crippen LogP contribution in [0.1, 0.15) is 26.3 Å². The third-order valence-electron chi connectivity index (χ3n) is 2.66. The van der Waals surface area contributed by atoms with Crippen molar-refractivity contribution >= 4 is 34.2 Å². The van der Waals surface area contributed by atoms with Crippen molar-refractivity contribution in [3.63, 3.8) is 0 Å². The Hall–Kier alpha value is -0.620. The molecule has 0 radical (unpaired) electrons. The van der Waals surface area contributed by atoms with Crippen molar-refractivity contribution in [2.24, 2.45) is 11.1 Å². The third-order valence-corrected chi connectivity index (χ3v) is 3.33. The van der Waals surface area contributed by atoms with Gasteiger partial charge in [0.25, 0.3) is 0 Å². The molecule has 1 aromatic rings. The lowest BCUT2D eigenvalue weighted by molar-refractivity contribution is -0.119. The van der Waals surface area contributed by atoms with E-state index in [4.69, 9.17) is 5.73 Å². The fourth-order valence-electron chi connectivity index (χ4n) is 1.37. The largest absolute Gasteiger partial charge is 0.324 e. The maximum Gasteiger partial charge on any atom is 0.241 e. The van der Waals surface area contributed by atoms with Crippen LogP contribution in [0.2, 0.25) is 0 Å². The molecule has 1 atom stereocenters. The SMILES string of the molecule is Cc1cc(I)ccc1NC(=O)[C@@H](N)C(C)(C)C. The highest BCUT2D eigenvalue weighted by molar-refractivity contribution is 14.1. The molecule has 0 saturated carbocycles. The number of hydrogen-bond donors (Lipinski definition) is 2. The molecule has 1 aromatic carbocycles. The molecule has 0 saturated heterocycles. The summed E-state index contributed by atoms with van der Waals surface area (Å²) in [5, 5.41) is 2.88. The fourth-order valence-corrected chi connectivity index (χ4v) is 2.02. The second-order valence-corrected chi connectivity index (χ2v) is 6.54. The lowest BCUT2D eigenvalue weighted by Crippen LogP contribution is -2.45. The topological polar surface area (TPSA) is 55.1 Å². The maximum absolute atomic E-state index is 12.0. The van der Waals surface area contributed by atoms with Gasteiger partial charge in [-0.25, -0.2) is 0 Å². The average molecular weight is 346 g/mol. The second kappa shape index (κ2) is 5.35. The summed E-state index contributed by atoms with van der Waals surface area (Å²) in [6.07, 6.45) is 0. The molecule has 0 aliphatic heterocycles. The molecule has 94 valence electrons. The normalized spacial score (nSPS) is 13.3. The Morgan fingerprint density at radius 2 is 2.00 bits per heavy atom. The molecule has 3 nitrogen and oxygen atoms in total. The zero-order chi connectivity index (χ0) is 13.2. The van der Waals surface area contributed by atoms with Crippen LogP contribution in [0.25, 0.3) is 0 Å². The van der Waals surface area contributed by atoms with Crippen molar-refractivity contribution in [3.8, 4) is 0 Å². The van der Waals surface area contributed by atoms with E-state index >= 15 is 0 Å². The van der Waals surface area contributed by atoms with Crippen molar-refractivity contribution in [1.29, 1.82) is 0 Å². The van der Waals surface area contributed by atoms with Crippen LogP contribution in [0.15, 0.2) is 18.2 Å². The molecule has 1 rings (SSSR count). The number of amides is 1. The minimum Gasteiger partial charge on any atom is -0.324 e. The molecule has 0 aliphatic rings. The van der Waals surface area contributed by atoms with E-state index < -0.39 is 6.04 Å². The van der Waals surface area contributed by atoms with Gasteiger partial charge in [0.2, 0.25) is 5.91 Å². The van der Waals surface area contributed by atoms with Crippen LogP contribution >= 0.6 is 22.6 Å². The Bertz CT molecular complexity index is 424. The predicted octanol–water partition coefficient (Wildman–Crippen LogP) is 2.91. The van der Waals surface area contributed by atoms with Crippen molar-refractivity contribution in [2.75, 3.05) is 5.32 Å². The number of halogens is 1. The van der Waals surface area contributed by atoms with Crippen molar-refractivity contribution in [2.45, 2.75) is 33.7 Å². The predicted molar refractivity (Wildman–Crippen MR) is 80.0 cm³/mol. The highest BCUT2D eigenvalue weighted by Gasteiger charge is 2.27. The summed E-state index contributed by atoms with van der Waals surface area (Å²) in [5.41, 5.74) is 7.55. The standard InChI is InChI=1S/C13H19IN2O/c1-8-7-9(14)5-6-10(8)16-12(17)11(15)13(2,3)4/h5-7,11H,15H2,1-4H3,(H,16,17)/t11-/m1/s1. The Morgan fingerprint density at radius 1 is 1.41 bits per heavy atom. The number of carbonyl (C=O) groups is 1. The van der Waals surface area contributed by atoms with Crippen LogP contribution in [0.3, 0.4) is 0 Å². The smallest absolute Gasteiger partial charge is 0.241 e. The first-order valence-electron chi connectivity index (χ1n) is 5.54. The number of nitrogens with two attached hydrogens (primary N) is 1. The number of nitrogens with one attached hydrogen (secondary N) is 1. The third kappa shape index (κ3) is 3.96. The van der Waals surface area contributed by atoms with Gasteiger partial charge in [-0.15, -0.1) is 0 Å². The minimum absolute atomic E-state index is 0.137. The van der Waals surface area contributed by atoms with Crippen LogP contribution in [-0.2, 0) is 4.79 Å². The van der Waals surface area contributed by atoms with Gasteiger partial charge in [0, 0.05) is 9.26 Å². The van der Waals surface area contributed by atoms with E-state index in [2.05, 4.69) is 27.9 Å². The van der Waals surface area contributed by atoms with Crippen LogP contribution < -0.4 is 11.1 Å². The van der Waals surface area contributed by atoms with Crippen molar-refractivity contribution < 1.29 is 4.79 Å². The first-order chi connectivity index (χ1) is 7.71. The van der Waals surface area contributed by atoms with Crippen LogP contribution in [0.5, 0.6) is 0 Å². The fraction of sp³-hybridized carbons (Fsp3) is 0.462. The van der Waals surface area contributed by atoms with Crippen LogP contribution in [0.4, 0.5) is 5.69 Å². The number of rotatable bonds is 2. The monoisotopic (exact) mass is 346 g/mol. The van der Waals surface area contributed by atoms with E-state index in [0.29, 0.717) is 0 Å². The molecule has 3 N–H and O–H groups in total. The van der Waals surface area contributed by atoms with Crippen LogP contribution in [-0.4, -0.2) is 11.9 Å². The summed E-state index contributed by atoms with van der Waals surface area (Å²) in [7, 11) is 0. The second-order valence-electron chi connectivity index (χ2n) is 5.29. The molecule has 0 bridgehead atoms. The maximum atomic E-state index is 12.0. The number of aryl methyl sites for hydroxylation is 1. The van der Waals surface area contributed by atoms with E-state index in [1.807, 2.05) is 45.9 Å². The molecule has 0 spiro atoms. The minimum atomic E-state index is -0.513. The number of hydrogen-bond acceptors (Lipinski definition) is 2. The molecule has 0 unspecified atom stereocenters. The molecule has 4 heteroatoms. The molecule has 0 aliphatic carbocycles. The number of benzene rings is 1. The van der Waals surface area contributed by atoms with Gasteiger partial charge < -0.3 is 11.1 Å². The van der Waals surface area contributed by atoms with Gasteiger partial charge in [0.1, 0.15) is 0 Å². The van der Waals surface area contributed by atoms with Crippen molar-refractivity contribution in [3.05, 3.63) is 27.3 Å². The summed E-state index contributed by atoms with van der Waals surface area (Å²) in [5.74, 6) is -0.137. The first kappa shape index (κ1) is 14.4. The van der Waals surface area contributed by atoms with E-state index in [9.17, 15) is 4.79 Å². The van der Waals surface area contributed by atoms with Gasteiger partial charge in [-0.3, -0.25) is 4.79 Å². The van der Waals surface area contributed by atoms with Gasteiger partial charge in [0.05, 0.1) is 6.04 Å². The summed E-state index contributed by atoms with van der Waals surface area (Å²) < 4.78 is 1.15. The Kier molecular flexibility index (Phi) is 4.55. The van der Waals surface area contributed by atoms with E-state index in [0.717, 1.165) is 14.8 Å². The molecule has 0 aromatic heterocycles. The highest BCUT2D eigenvalue weighted by Crippen LogP contribution is 2.21. The Morgan fingerprint density at radius 3 is 2.47 bits per heavy atom. The van der Waals surface area contributed by atoms with E-state index in [1.165, 1.54) is 0 Å². The highest BCUT2D eigenvalue weighted by atomic mass is 127. The quantitative estimate of drug-likeness (QED) is 0.809. The zero-order valence-corrected chi connectivity index (χ0v) is 12.8. The van der Waals surface area contributed by atoms with Crippen LogP contribution in [0, 0.1) is 15.9 Å². The summed E-state index contributed by atoms with van der Waals surface area (Å²) >= 11 is 2.24. The lowest BCUT2D eigenvalue weighted by Gasteiger charge is -2.26. The molecular formula is C13H19IN2O. The number of anilines is 1. The zero-order valence-electron chi connectivity index (χ0n) is 10.7. The summed E-state index contributed by atoms with van der Waals surface area (Å²) in [6, 6.07) is 5.38. The van der Waals surface area contributed by atoms with Gasteiger partial charge in [-0.05, 0) is 58.7 Å². The number of carbonyl (C=O) groups excluding carboxylic acids is 1. The molecule has 0 heterocycles. The van der Waals surface area contributed by atoms with E-state index in [-0.39, 0.29) is 11.3 Å². The van der Waals surface area contributed by atoms with Gasteiger partial charge >= 0.3 is 0 Å². The Balaban J connectivity index is 2.82. The Labute approximate surface area is 116 Å². The molecular weight excluding hydrogens is 327 g/mol. The van der Waals surface area contributed by atoms with Gasteiger partial charge in [-0.2, -0.15) is 0 Å². The first-order valence-corrected chi connectivity index (χ1v) is 6.62. The van der Waals surface area contributed by atoms with Crippen molar-refractivity contribution in [1.82, 2.24) is 0 Å². The molecule has 1 amide bonds.